The van der Waals surface area contributed by atoms with Crippen molar-refractivity contribution in [1.29, 1.82) is 0 Å². The van der Waals surface area contributed by atoms with Gasteiger partial charge in [-0.25, -0.2) is 4.79 Å². The summed E-state index contributed by atoms with van der Waals surface area (Å²) in [5, 5.41) is 2.26. The molecule has 1 saturated carbocycles. The number of carbonyl (C=O) groups is 5. The molecule has 6 rings (SSSR count). The Bertz CT molecular complexity index is 1350. The Morgan fingerprint density at radius 1 is 0.886 bits per heavy atom. The highest BCUT2D eigenvalue weighted by Crippen LogP contribution is 2.39. The average molecular weight is 609 g/mol. The molecule has 1 atom stereocenters. The van der Waals surface area contributed by atoms with Crippen LogP contribution in [0.2, 0.25) is 0 Å². The predicted octanol–water partition coefficient (Wildman–Crippen LogP) is 3.52. The van der Waals surface area contributed by atoms with Crippen LogP contribution in [0.3, 0.4) is 0 Å². The summed E-state index contributed by atoms with van der Waals surface area (Å²) < 4.78 is 11.9. The highest BCUT2D eigenvalue weighted by Gasteiger charge is 2.46. The Kier molecular flexibility index (Phi) is 8.30. The molecule has 5 aliphatic rings. The number of fused-ring (bicyclic) bond motifs is 1. The first-order valence-corrected chi connectivity index (χ1v) is 16.1. The molecule has 1 N–H and O–H groups in total. The molecule has 1 aromatic rings. The van der Waals surface area contributed by atoms with Crippen LogP contribution in [0.4, 0.5) is 4.79 Å². The van der Waals surface area contributed by atoms with E-state index in [-0.39, 0.29) is 37.0 Å². The van der Waals surface area contributed by atoms with E-state index in [4.69, 9.17) is 9.47 Å². The maximum atomic E-state index is 13.4. The highest BCUT2D eigenvalue weighted by atomic mass is 16.6. The Labute approximate surface area is 258 Å². The summed E-state index contributed by atoms with van der Waals surface area (Å²) in [6.45, 7) is 10.8. The number of ether oxygens (including phenoxy) is 2. The number of benzene rings is 1. The number of carbonyl (C=O) groups excluding carboxylic acids is 5. The van der Waals surface area contributed by atoms with Gasteiger partial charge in [-0.2, -0.15) is 0 Å². The van der Waals surface area contributed by atoms with Gasteiger partial charge in [0.2, 0.25) is 11.8 Å². The number of hydrogen-bond donors (Lipinski definition) is 1. The molecule has 4 aliphatic heterocycles. The minimum absolute atomic E-state index is 0.107. The van der Waals surface area contributed by atoms with Crippen LogP contribution in [0.5, 0.6) is 0 Å². The van der Waals surface area contributed by atoms with Crippen LogP contribution in [0.25, 0.3) is 0 Å². The first kappa shape index (κ1) is 30.7. The van der Waals surface area contributed by atoms with E-state index in [9.17, 15) is 24.0 Å². The van der Waals surface area contributed by atoms with Gasteiger partial charge in [0.05, 0.1) is 23.3 Å². The van der Waals surface area contributed by atoms with Gasteiger partial charge in [-0.1, -0.05) is 6.07 Å². The number of piperidine rings is 3. The highest BCUT2D eigenvalue weighted by molar-refractivity contribution is 6.24. The molecular formula is C33H44N4O7. The van der Waals surface area contributed by atoms with Gasteiger partial charge in [0.1, 0.15) is 11.6 Å². The van der Waals surface area contributed by atoms with Crippen LogP contribution < -0.4 is 5.32 Å². The monoisotopic (exact) mass is 608 g/mol. The summed E-state index contributed by atoms with van der Waals surface area (Å²) in [6, 6.07) is 3.29. The first-order valence-electron chi connectivity index (χ1n) is 16.1. The Morgan fingerprint density at radius 2 is 1.57 bits per heavy atom. The van der Waals surface area contributed by atoms with Crippen LogP contribution in [0, 0.1) is 6.92 Å². The largest absolute Gasteiger partial charge is 0.444 e. The second kappa shape index (κ2) is 11.9. The van der Waals surface area contributed by atoms with Crippen LogP contribution >= 0.6 is 0 Å². The molecule has 0 aromatic heterocycles. The minimum Gasteiger partial charge on any atom is -0.444 e. The smallest absolute Gasteiger partial charge is 0.410 e. The van der Waals surface area contributed by atoms with Crippen LogP contribution in [-0.4, -0.2) is 100 Å². The summed E-state index contributed by atoms with van der Waals surface area (Å²) in [4.78, 5) is 68.4. The molecule has 238 valence electrons. The lowest BCUT2D eigenvalue weighted by Crippen LogP contribution is -2.54. The van der Waals surface area contributed by atoms with E-state index >= 15 is 0 Å². The fraction of sp³-hybridized carbons (Fsp3) is 0.667. The SMILES string of the molecule is Cc1c(C2CCN([C@H]3C[C@H](OC4CCN(C(=O)OC(C)(C)C)CC4)C3)CC2)ccc2c1C(=O)N(C1CCC(=O)NC1=O)C2=O. The third-order valence-corrected chi connectivity index (χ3v) is 9.94. The van der Waals surface area contributed by atoms with Crippen molar-refractivity contribution in [2.75, 3.05) is 26.2 Å². The van der Waals surface area contributed by atoms with Crippen LogP contribution in [0.15, 0.2) is 12.1 Å². The summed E-state index contributed by atoms with van der Waals surface area (Å²) in [5.41, 5.74) is 2.18. The molecule has 11 heteroatoms. The number of nitrogens with one attached hydrogen (secondary N) is 1. The zero-order valence-corrected chi connectivity index (χ0v) is 26.2. The van der Waals surface area contributed by atoms with Crippen molar-refractivity contribution >= 4 is 29.7 Å². The predicted molar refractivity (Wildman–Crippen MR) is 160 cm³/mol. The van der Waals surface area contributed by atoms with Gasteiger partial charge in [0.25, 0.3) is 11.8 Å². The third kappa shape index (κ3) is 6.00. The molecule has 44 heavy (non-hydrogen) atoms. The number of amides is 5. The summed E-state index contributed by atoms with van der Waals surface area (Å²) in [5.74, 6) is -1.57. The van der Waals surface area contributed by atoms with E-state index in [1.807, 2.05) is 33.8 Å². The van der Waals surface area contributed by atoms with E-state index in [0.29, 0.717) is 36.2 Å². The molecule has 1 aliphatic carbocycles. The number of imide groups is 2. The van der Waals surface area contributed by atoms with Gasteiger partial charge in [-0.3, -0.25) is 29.4 Å². The Hall–Kier alpha value is -3.31. The fourth-order valence-electron chi connectivity index (χ4n) is 7.47. The minimum atomic E-state index is -0.952. The van der Waals surface area contributed by atoms with Crippen molar-refractivity contribution in [3.05, 3.63) is 34.4 Å². The average Bonchev–Trinajstić information content (AvgIpc) is 3.20. The Morgan fingerprint density at radius 3 is 2.20 bits per heavy atom. The van der Waals surface area contributed by atoms with E-state index in [1.165, 1.54) is 0 Å². The summed E-state index contributed by atoms with van der Waals surface area (Å²) in [6.07, 6.45) is 6.16. The van der Waals surface area contributed by atoms with Crippen LogP contribution in [0.1, 0.15) is 110 Å². The first-order chi connectivity index (χ1) is 20.9. The van der Waals surface area contributed by atoms with Crippen molar-refractivity contribution in [3.63, 3.8) is 0 Å². The zero-order chi connectivity index (χ0) is 31.3. The Balaban J connectivity index is 0.978. The molecule has 4 fully saturated rings. The molecule has 11 nitrogen and oxygen atoms in total. The second-order valence-electron chi connectivity index (χ2n) is 14.0. The quantitative estimate of drug-likeness (QED) is 0.504. The van der Waals surface area contributed by atoms with E-state index in [1.54, 1.807) is 11.0 Å². The number of rotatable bonds is 5. The lowest BCUT2D eigenvalue weighted by molar-refractivity contribution is -0.136. The standard InChI is InChI=1S/C33H44N4O7/c1-19-24(5-6-25-28(19)31(41)37(30(25)40)26-7-8-27(38)34-29(26)39)20-9-13-35(14-10-20)21-17-23(18-21)43-22-11-15-36(16-12-22)32(42)44-33(2,3)4/h5-6,20-23,26H,7-18H2,1-4H3,(H,34,38,39)/t21-,23-,26?. The maximum absolute atomic E-state index is 13.4. The normalized spacial score (nSPS) is 27.3. The van der Waals surface area contributed by atoms with Crippen molar-refractivity contribution in [1.82, 2.24) is 20.0 Å². The molecule has 1 aromatic carbocycles. The van der Waals surface area contributed by atoms with Gasteiger partial charge in [0, 0.05) is 25.6 Å². The topological polar surface area (TPSA) is 126 Å². The van der Waals surface area contributed by atoms with Crippen molar-refractivity contribution in [3.8, 4) is 0 Å². The van der Waals surface area contributed by atoms with Crippen LogP contribution in [-0.2, 0) is 19.1 Å². The molecule has 4 heterocycles. The van der Waals surface area contributed by atoms with Crippen molar-refractivity contribution < 1.29 is 33.4 Å². The molecule has 5 amide bonds. The van der Waals surface area contributed by atoms with Gasteiger partial charge < -0.3 is 19.3 Å². The molecule has 1 unspecified atom stereocenters. The van der Waals surface area contributed by atoms with E-state index in [2.05, 4.69) is 10.2 Å². The summed E-state index contributed by atoms with van der Waals surface area (Å²) >= 11 is 0. The molecule has 3 saturated heterocycles. The van der Waals surface area contributed by atoms with E-state index < -0.39 is 29.4 Å². The lowest BCUT2D eigenvalue weighted by Gasteiger charge is -2.47. The second-order valence-corrected chi connectivity index (χ2v) is 14.0. The summed E-state index contributed by atoms with van der Waals surface area (Å²) in [7, 11) is 0. The molecule has 0 spiro atoms. The number of likely N-dealkylation sites (tertiary alicyclic amines) is 2. The lowest BCUT2D eigenvalue weighted by atomic mass is 9.81. The maximum Gasteiger partial charge on any atom is 0.410 e. The number of hydrogen-bond acceptors (Lipinski definition) is 8. The van der Waals surface area contributed by atoms with Gasteiger partial charge >= 0.3 is 6.09 Å². The molecular weight excluding hydrogens is 564 g/mol. The van der Waals surface area contributed by atoms with Crippen molar-refractivity contribution in [2.24, 2.45) is 0 Å². The van der Waals surface area contributed by atoms with Gasteiger partial charge in [-0.15, -0.1) is 0 Å². The third-order valence-electron chi connectivity index (χ3n) is 9.94. The zero-order valence-electron chi connectivity index (χ0n) is 26.2. The molecule has 0 radical (unpaired) electrons. The van der Waals surface area contributed by atoms with Gasteiger partial charge in [-0.05, 0) is 109 Å². The molecule has 0 bridgehead atoms. The van der Waals surface area contributed by atoms with Crippen molar-refractivity contribution in [2.45, 2.75) is 115 Å². The van der Waals surface area contributed by atoms with Gasteiger partial charge in [0.15, 0.2) is 0 Å². The number of nitrogens with zero attached hydrogens (tertiary/aromatic N) is 3. The fourth-order valence-corrected chi connectivity index (χ4v) is 7.47. The van der Waals surface area contributed by atoms with E-state index in [0.717, 1.165) is 67.6 Å².